The minimum Gasteiger partial charge on any atom is -0.390 e. The van der Waals surface area contributed by atoms with E-state index in [4.69, 9.17) is 10.2 Å². The maximum Gasteiger partial charge on any atom is 0.162 e. The van der Waals surface area contributed by atoms with Crippen LogP contribution in [0.4, 0.5) is 0 Å². The Morgan fingerprint density at radius 2 is 1.30 bits per heavy atom. The standard InChI is InChI=1S/C7H14O3/c1-6(8)2-4-7(9,10)5-3-6/h8-10H,2-5H2,1H3. The van der Waals surface area contributed by atoms with E-state index in [0.29, 0.717) is 12.8 Å². The smallest absolute Gasteiger partial charge is 0.162 e. The first-order valence-corrected chi connectivity index (χ1v) is 3.59. The van der Waals surface area contributed by atoms with Crippen LogP contribution < -0.4 is 0 Å². The lowest BCUT2D eigenvalue weighted by atomic mass is 9.83. The van der Waals surface area contributed by atoms with Crippen molar-refractivity contribution in [3.05, 3.63) is 0 Å². The van der Waals surface area contributed by atoms with Crippen molar-refractivity contribution in [1.82, 2.24) is 0 Å². The molecule has 0 amide bonds. The molecular weight excluding hydrogens is 132 g/mol. The third kappa shape index (κ3) is 1.94. The van der Waals surface area contributed by atoms with Gasteiger partial charge < -0.3 is 15.3 Å². The van der Waals surface area contributed by atoms with Gasteiger partial charge in [0.05, 0.1) is 5.60 Å². The van der Waals surface area contributed by atoms with E-state index in [9.17, 15) is 5.11 Å². The lowest BCUT2D eigenvalue weighted by Gasteiger charge is -2.35. The van der Waals surface area contributed by atoms with Gasteiger partial charge in [-0.15, -0.1) is 0 Å². The van der Waals surface area contributed by atoms with Gasteiger partial charge in [0.1, 0.15) is 0 Å². The van der Waals surface area contributed by atoms with Gasteiger partial charge in [0.2, 0.25) is 0 Å². The lowest BCUT2D eigenvalue weighted by molar-refractivity contribution is -0.203. The van der Waals surface area contributed by atoms with Crippen LogP contribution in [0.1, 0.15) is 32.6 Å². The first-order chi connectivity index (χ1) is 4.41. The summed E-state index contributed by atoms with van der Waals surface area (Å²) in [6.45, 7) is 1.72. The van der Waals surface area contributed by atoms with Crippen LogP contribution in [0.25, 0.3) is 0 Å². The third-order valence-electron chi connectivity index (χ3n) is 2.13. The van der Waals surface area contributed by atoms with Crippen molar-refractivity contribution in [2.75, 3.05) is 0 Å². The van der Waals surface area contributed by atoms with Crippen LogP contribution in [0, 0.1) is 0 Å². The Hall–Kier alpha value is -0.120. The molecule has 1 rings (SSSR count). The van der Waals surface area contributed by atoms with Crippen LogP contribution in [-0.4, -0.2) is 26.7 Å². The molecule has 60 valence electrons. The summed E-state index contributed by atoms with van der Waals surface area (Å²) in [7, 11) is 0. The summed E-state index contributed by atoms with van der Waals surface area (Å²) in [6.07, 6.45) is 1.50. The fourth-order valence-corrected chi connectivity index (χ4v) is 1.19. The molecule has 0 aliphatic heterocycles. The molecule has 0 saturated heterocycles. The SMILES string of the molecule is CC1(O)CCC(O)(O)CC1. The van der Waals surface area contributed by atoms with Gasteiger partial charge >= 0.3 is 0 Å². The summed E-state index contributed by atoms with van der Waals surface area (Å²) in [5.74, 6) is -1.53. The zero-order valence-corrected chi connectivity index (χ0v) is 6.17. The van der Waals surface area contributed by atoms with Crippen LogP contribution in [0.3, 0.4) is 0 Å². The number of rotatable bonds is 0. The Labute approximate surface area is 60.3 Å². The van der Waals surface area contributed by atoms with E-state index in [1.54, 1.807) is 6.92 Å². The molecule has 1 aliphatic rings. The maximum atomic E-state index is 9.38. The Bertz CT molecular complexity index is 101. The quantitative estimate of drug-likeness (QED) is 0.421. The molecule has 3 N–H and O–H groups in total. The first-order valence-electron chi connectivity index (χ1n) is 3.59. The van der Waals surface area contributed by atoms with E-state index in [2.05, 4.69) is 0 Å². The van der Waals surface area contributed by atoms with Gasteiger partial charge in [-0.05, 0) is 19.8 Å². The van der Waals surface area contributed by atoms with Gasteiger partial charge in [0.25, 0.3) is 0 Å². The number of aliphatic hydroxyl groups is 3. The van der Waals surface area contributed by atoms with Gasteiger partial charge in [-0.25, -0.2) is 0 Å². The predicted octanol–water partition coefficient (Wildman–Crippen LogP) is -0.00770. The summed E-state index contributed by atoms with van der Waals surface area (Å²) in [4.78, 5) is 0. The summed E-state index contributed by atoms with van der Waals surface area (Å²) in [6, 6.07) is 0. The molecule has 0 bridgehead atoms. The van der Waals surface area contributed by atoms with Gasteiger partial charge in [0, 0.05) is 12.8 Å². The molecule has 3 heteroatoms. The van der Waals surface area contributed by atoms with Crippen LogP contribution >= 0.6 is 0 Å². The molecule has 0 atom stereocenters. The van der Waals surface area contributed by atoms with E-state index < -0.39 is 11.4 Å². The second-order valence-corrected chi connectivity index (χ2v) is 3.48. The van der Waals surface area contributed by atoms with E-state index in [1.807, 2.05) is 0 Å². The third-order valence-corrected chi connectivity index (χ3v) is 2.13. The first kappa shape index (κ1) is 7.98. The molecule has 0 radical (unpaired) electrons. The van der Waals surface area contributed by atoms with Gasteiger partial charge in [-0.1, -0.05) is 0 Å². The van der Waals surface area contributed by atoms with Crippen molar-refractivity contribution in [2.45, 2.75) is 44.0 Å². The van der Waals surface area contributed by atoms with E-state index in [0.717, 1.165) is 0 Å². The maximum absolute atomic E-state index is 9.38. The molecule has 0 spiro atoms. The zero-order valence-electron chi connectivity index (χ0n) is 6.17. The van der Waals surface area contributed by atoms with Crippen LogP contribution in [0.15, 0.2) is 0 Å². The van der Waals surface area contributed by atoms with Crippen LogP contribution in [0.5, 0.6) is 0 Å². The lowest BCUT2D eigenvalue weighted by Crippen LogP contribution is -2.40. The normalized spacial score (nSPS) is 30.0. The Morgan fingerprint density at radius 3 is 1.60 bits per heavy atom. The van der Waals surface area contributed by atoms with Crippen molar-refractivity contribution in [3.63, 3.8) is 0 Å². The topological polar surface area (TPSA) is 60.7 Å². The van der Waals surface area contributed by atoms with Crippen molar-refractivity contribution in [3.8, 4) is 0 Å². The largest absolute Gasteiger partial charge is 0.390 e. The van der Waals surface area contributed by atoms with Gasteiger partial charge in [-0.2, -0.15) is 0 Å². The van der Waals surface area contributed by atoms with Gasteiger partial charge in [0.15, 0.2) is 5.79 Å². The van der Waals surface area contributed by atoms with E-state index in [-0.39, 0.29) is 12.8 Å². The fraction of sp³-hybridized carbons (Fsp3) is 1.00. The molecule has 0 unspecified atom stereocenters. The molecule has 10 heavy (non-hydrogen) atoms. The minimum absolute atomic E-state index is 0.278. The summed E-state index contributed by atoms with van der Waals surface area (Å²) < 4.78 is 0. The molecule has 0 aromatic heterocycles. The Morgan fingerprint density at radius 1 is 0.900 bits per heavy atom. The average Bonchev–Trinajstić information content (AvgIpc) is 1.79. The van der Waals surface area contributed by atoms with Crippen molar-refractivity contribution < 1.29 is 15.3 Å². The van der Waals surface area contributed by atoms with Crippen molar-refractivity contribution in [1.29, 1.82) is 0 Å². The monoisotopic (exact) mass is 146 g/mol. The molecular formula is C7H14O3. The molecule has 0 aromatic carbocycles. The number of hydrogen-bond acceptors (Lipinski definition) is 3. The van der Waals surface area contributed by atoms with Crippen molar-refractivity contribution >= 4 is 0 Å². The molecule has 1 saturated carbocycles. The van der Waals surface area contributed by atoms with E-state index >= 15 is 0 Å². The Balaban J connectivity index is 2.46. The van der Waals surface area contributed by atoms with Crippen molar-refractivity contribution in [2.24, 2.45) is 0 Å². The molecule has 1 aliphatic carbocycles. The van der Waals surface area contributed by atoms with Crippen LogP contribution in [0.2, 0.25) is 0 Å². The highest BCUT2D eigenvalue weighted by Gasteiger charge is 2.35. The fourth-order valence-electron chi connectivity index (χ4n) is 1.19. The summed E-state index contributed by atoms with van der Waals surface area (Å²) in [5, 5.41) is 27.5. The highest BCUT2D eigenvalue weighted by Crippen LogP contribution is 2.32. The predicted molar refractivity (Wildman–Crippen MR) is 36.3 cm³/mol. The Kier molecular flexibility index (Phi) is 1.75. The summed E-state index contributed by atoms with van der Waals surface area (Å²) in [5.41, 5.74) is -0.686. The van der Waals surface area contributed by atoms with Gasteiger partial charge in [-0.3, -0.25) is 0 Å². The second kappa shape index (κ2) is 2.19. The molecule has 3 nitrogen and oxygen atoms in total. The highest BCUT2D eigenvalue weighted by atomic mass is 16.5. The second-order valence-electron chi connectivity index (χ2n) is 3.48. The van der Waals surface area contributed by atoms with E-state index in [1.165, 1.54) is 0 Å². The highest BCUT2D eigenvalue weighted by molar-refractivity contribution is 4.84. The zero-order chi connectivity index (χ0) is 7.83. The molecule has 1 fully saturated rings. The number of hydrogen-bond donors (Lipinski definition) is 3. The minimum atomic E-state index is -1.53. The summed E-state index contributed by atoms with van der Waals surface area (Å²) >= 11 is 0. The molecule has 0 heterocycles. The van der Waals surface area contributed by atoms with Crippen LogP contribution in [-0.2, 0) is 0 Å². The average molecular weight is 146 g/mol. The molecule has 0 aromatic rings.